The lowest BCUT2D eigenvalue weighted by atomic mass is 10.2. The molecule has 1 aromatic rings. The fourth-order valence-electron chi connectivity index (χ4n) is 1.04. The minimum absolute atomic E-state index is 0.274. The molecule has 1 rings (SSSR count). The fraction of sp³-hybridized carbons (Fsp3) is 0.300. The van der Waals surface area contributed by atoms with Gasteiger partial charge in [0, 0.05) is 21.4 Å². The van der Waals surface area contributed by atoms with Gasteiger partial charge in [0.1, 0.15) is 6.61 Å². The van der Waals surface area contributed by atoms with Crippen LogP contribution in [0.25, 0.3) is 0 Å². The zero-order valence-electron chi connectivity index (χ0n) is 7.93. The molecule has 0 spiro atoms. The Morgan fingerprint density at radius 2 is 1.86 bits per heavy atom. The second-order valence-corrected chi connectivity index (χ2v) is 4.70. The van der Waals surface area contributed by atoms with Gasteiger partial charge < -0.3 is 4.74 Å². The number of halogens is 2. The summed E-state index contributed by atoms with van der Waals surface area (Å²) in [7, 11) is 0. The molecule has 4 heteroatoms. The van der Waals surface area contributed by atoms with Crippen LogP contribution in [-0.4, -0.2) is 5.97 Å². The van der Waals surface area contributed by atoms with Crippen LogP contribution in [0.15, 0.2) is 21.1 Å². The van der Waals surface area contributed by atoms with E-state index < -0.39 is 0 Å². The van der Waals surface area contributed by atoms with E-state index in [1.54, 1.807) is 0 Å². The first-order valence-electron chi connectivity index (χ1n) is 4.08. The second kappa shape index (κ2) is 4.94. The lowest BCUT2D eigenvalue weighted by molar-refractivity contribution is -0.142. The molecule has 0 N–H and O–H groups in total. The van der Waals surface area contributed by atoms with Crippen LogP contribution in [0.5, 0.6) is 0 Å². The topological polar surface area (TPSA) is 26.3 Å². The Kier molecular flexibility index (Phi) is 4.13. The average Bonchev–Trinajstić information content (AvgIpc) is 2.01. The Morgan fingerprint density at radius 3 is 2.29 bits per heavy atom. The van der Waals surface area contributed by atoms with Crippen LogP contribution in [0.4, 0.5) is 0 Å². The summed E-state index contributed by atoms with van der Waals surface area (Å²) in [5.41, 5.74) is 2.10. The highest BCUT2D eigenvalue weighted by Crippen LogP contribution is 2.27. The Morgan fingerprint density at radius 1 is 1.36 bits per heavy atom. The zero-order valence-corrected chi connectivity index (χ0v) is 11.1. The van der Waals surface area contributed by atoms with E-state index in [4.69, 9.17) is 4.74 Å². The van der Waals surface area contributed by atoms with Gasteiger partial charge in [-0.1, -0.05) is 31.9 Å². The Bertz CT molecular complexity index is 338. The Labute approximate surface area is 99.9 Å². The molecule has 1 aromatic carbocycles. The smallest absolute Gasteiger partial charge is 0.302 e. The number of aryl methyl sites for hydroxylation is 1. The van der Waals surface area contributed by atoms with Crippen LogP contribution in [0, 0.1) is 6.92 Å². The average molecular weight is 322 g/mol. The molecular weight excluding hydrogens is 312 g/mol. The van der Waals surface area contributed by atoms with Crippen molar-refractivity contribution in [3.8, 4) is 0 Å². The molecule has 0 aliphatic heterocycles. The number of hydrogen-bond donors (Lipinski definition) is 0. The molecule has 0 fully saturated rings. The number of carbonyl (C=O) groups is 1. The molecule has 0 aromatic heterocycles. The van der Waals surface area contributed by atoms with E-state index >= 15 is 0 Å². The van der Waals surface area contributed by atoms with Gasteiger partial charge in [-0.3, -0.25) is 4.79 Å². The quantitative estimate of drug-likeness (QED) is 0.778. The second-order valence-electron chi connectivity index (χ2n) is 2.99. The number of rotatable bonds is 2. The SMILES string of the molecule is CC(=O)OCc1c(Br)cc(C)cc1Br. The van der Waals surface area contributed by atoms with Crippen molar-refractivity contribution in [2.75, 3.05) is 0 Å². The maximum atomic E-state index is 10.7. The van der Waals surface area contributed by atoms with Gasteiger partial charge in [0.25, 0.3) is 0 Å². The molecule has 0 aliphatic carbocycles. The fourth-order valence-corrected chi connectivity index (χ4v) is 2.69. The summed E-state index contributed by atoms with van der Waals surface area (Å²) in [5, 5.41) is 0. The molecule has 0 saturated carbocycles. The van der Waals surface area contributed by atoms with Crippen LogP contribution in [0.2, 0.25) is 0 Å². The van der Waals surface area contributed by atoms with Gasteiger partial charge in [-0.2, -0.15) is 0 Å². The third-order valence-corrected chi connectivity index (χ3v) is 3.12. The highest BCUT2D eigenvalue weighted by atomic mass is 79.9. The van der Waals surface area contributed by atoms with Crippen molar-refractivity contribution < 1.29 is 9.53 Å². The maximum Gasteiger partial charge on any atom is 0.302 e. The van der Waals surface area contributed by atoms with Crippen molar-refractivity contribution in [3.63, 3.8) is 0 Å². The summed E-state index contributed by atoms with van der Waals surface area (Å²) in [5.74, 6) is -0.274. The van der Waals surface area contributed by atoms with Crippen LogP contribution in [0.1, 0.15) is 18.1 Å². The van der Waals surface area contributed by atoms with Gasteiger partial charge in [0.05, 0.1) is 0 Å². The molecule has 0 bridgehead atoms. The molecular formula is C10H10Br2O2. The van der Waals surface area contributed by atoms with E-state index in [0.29, 0.717) is 0 Å². The third kappa shape index (κ3) is 3.10. The van der Waals surface area contributed by atoms with Gasteiger partial charge in [-0.05, 0) is 24.6 Å². The third-order valence-electron chi connectivity index (χ3n) is 1.71. The molecule has 0 aliphatic rings. The van der Waals surface area contributed by atoms with Crippen LogP contribution in [-0.2, 0) is 16.1 Å². The van der Waals surface area contributed by atoms with Gasteiger partial charge in [-0.25, -0.2) is 0 Å². The molecule has 76 valence electrons. The van der Waals surface area contributed by atoms with E-state index in [-0.39, 0.29) is 12.6 Å². The number of hydrogen-bond acceptors (Lipinski definition) is 2. The van der Waals surface area contributed by atoms with Gasteiger partial charge in [0.15, 0.2) is 0 Å². The van der Waals surface area contributed by atoms with Gasteiger partial charge >= 0.3 is 5.97 Å². The first-order valence-corrected chi connectivity index (χ1v) is 5.67. The molecule has 0 heterocycles. The Hall–Kier alpha value is -0.350. The molecule has 14 heavy (non-hydrogen) atoms. The van der Waals surface area contributed by atoms with E-state index in [1.165, 1.54) is 6.92 Å². The standard InChI is InChI=1S/C10H10Br2O2/c1-6-3-9(11)8(10(12)4-6)5-14-7(2)13/h3-4H,5H2,1-2H3. The van der Waals surface area contributed by atoms with Gasteiger partial charge in [-0.15, -0.1) is 0 Å². The minimum atomic E-state index is -0.274. The largest absolute Gasteiger partial charge is 0.461 e. The first-order chi connectivity index (χ1) is 6.50. The lowest BCUT2D eigenvalue weighted by Gasteiger charge is -2.08. The highest BCUT2D eigenvalue weighted by molar-refractivity contribution is 9.11. The van der Waals surface area contributed by atoms with Crippen molar-refractivity contribution in [1.29, 1.82) is 0 Å². The summed E-state index contributed by atoms with van der Waals surface area (Å²) < 4.78 is 6.83. The minimum Gasteiger partial charge on any atom is -0.461 e. The van der Waals surface area contributed by atoms with Crippen molar-refractivity contribution in [1.82, 2.24) is 0 Å². The molecule has 0 saturated heterocycles. The van der Waals surface area contributed by atoms with E-state index in [9.17, 15) is 4.79 Å². The first kappa shape index (κ1) is 11.7. The van der Waals surface area contributed by atoms with Crippen LogP contribution >= 0.6 is 31.9 Å². The van der Waals surface area contributed by atoms with Crippen molar-refractivity contribution in [3.05, 3.63) is 32.2 Å². The lowest BCUT2D eigenvalue weighted by Crippen LogP contribution is -2.00. The summed E-state index contributed by atoms with van der Waals surface area (Å²) in [4.78, 5) is 10.7. The monoisotopic (exact) mass is 320 g/mol. The predicted molar refractivity (Wildman–Crippen MR) is 62.0 cm³/mol. The summed E-state index contributed by atoms with van der Waals surface area (Å²) in [6, 6.07) is 3.98. The number of carbonyl (C=O) groups excluding carboxylic acids is 1. The molecule has 0 atom stereocenters. The summed E-state index contributed by atoms with van der Waals surface area (Å²) in [6.45, 7) is 3.69. The number of ether oxygens (including phenoxy) is 1. The van der Waals surface area contributed by atoms with E-state index in [0.717, 1.165) is 20.1 Å². The van der Waals surface area contributed by atoms with Gasteiger partial charge in [0.2, 0.25) is 0 Å². The molecule has 0 unspecified atom stereocenters. The maximum absolute atomic E-state index is 10.7. The van der Waals surface area contributed by atoms with E-state index in [2.05, 4.69) is 31.9 Å². The van der Waals surface area contributed by atoms with Crippen molar-refractivity contribution in [2.24, 2.45) is 0 Å². The molecule has 0 radical (unpaired) electrons. The normalized spacial score (nSPS) is 10.0. The highest BCUT2D eigenvalue weighted by Gasteiger charge is 2.07. The van der Waals surface area contributed by atoms with Crippen LogP contribution < -0.4 is 0 Å². The zero-order chi connectivity index (χ0) is 10.7. The Balaban J connectivity index is 2.91. The van der Waals surface area contributed by atoms with Crippen molar-refractivity contribution >= 4 is 37.8 Å². The van der Waals surface area contributed by atoms with Crippen molar-refractivity contribution in [2.45, 2.75) is 20.5 Å². The molecule has 2 nitrogen and oxygen atoms in total. The number of esters is 1. The predicted octanol–water partition coefficient (Wildman–Crippen LogP) is 3.58. The molecule has 0 amide bonds. The summed E-state index contributed by atoms with van der Waals surface area (Å²) in [6.07, 6.45) is 0. The summed E-state index contributed by atoms with van der Waals surface area (Å²) >= 11 is 6.85. The van der Waals surface area contributed by atoms with E-state index in [1.807, 2.05) is 19.1 Å². The number of benzene rings is 1. The van der Waals surface area contributed by atoms with Crippen LogP contribution in [0.3, 0.4) is 0 Å².